The summed E-state index contributed by atoms with van der Waals surface area (Å²) in [5.74, 6) is 4.75. The summed E-state index contributed by atoms with van der Waals surface area (Å²) in [5, 5.41) is 21.3. The lowest BCUT2D eigenvalue weighted by Crippen LogP contribution is -2.71. The Labute approximate surface area is 133 Å². The van der Waals surface area contributed by atoms with Crippen molar-refractivity contribution in [1.82, 2.24) is 0 Å². The smallest absolute Gasteiger partial charge is 0.157 e. The first-order valence-corrected chi connectivity index (χ1v) is 9.52. The predicted octanol–water partition coefficient (Wildman–Crippen LogP) is 2.94. The van der Waals surface area contributed by atoms with Gasteiger partial charge in [0.25, 0.3) is 0 Å². The third kappa shape index (κ3) is 1.68. The van der Waals surface area contributed by atoms with Gasteiger partial charge >= 0.3 is 0 Å². The summed E-state index contributed by atoms with van der Waals surface area (Å²) in [6.07, 6.45) is 6.95. The van der Waals surface area contributed by atoms with Gasteiger partial charge in [-0.1, -0.05) is 13.8 Å². The zero-order valence-corrected chi connectivity index (χ0v) is 13.9. The van der Waals surface area contributed by atoms with E-state index < -0.39 is 6.29 Å². The molecule has 7 aliphatic rings. The van der Waals surface area contributed by atoms with Gasteiger partial charge in [0.1, 0.15) is 0 Å². The average Bonchev–Trinajstić information content (AvgIpc) is 2.49. The molecule has 7 fully saturated rings. The summed E-state index contributed by atoms with van der Waals surface area (Å²) in [7, 11) is 0. The third-order valence-electron chi connectivity index (χ3n) is 8.47. The lowest BCUT2D eigenvalue weighted by molar-refractivity contribution is -0.326. The van der Waals surface area contributed by atoms with Crippen LogP contribution < -0.4 is 0 Å². The van der Waals surface area contributed by atoms with Crippen LogP contribution in [-0.4, -0.2) is 27.7 Å². The van der Waals surface area contributed by atoms with Crippen molar-refractivity contribution in [1.29, 1.82) is 0 Å². The van der Waals surface area contributed by atoms with E-state index in [2.05, 4.69) is 13.8 Å². The van der Waals surface area contributed by atoms with E-state index in [1.54, 1.807) is 0 Å². The Morgan fingerprint density at radius 1 is 0.909 bits per heavy atom. The molecule has 3 heteroatoms. The Balaban J connectivity index is 1.43. The van der Waals surface area contributed by atoms with E-state index in [0.29, 0.717) is 0 Å². The molecule has 7 rings (SSSR count). The van der Waals surface area contributed by atoms with E-state index in [-0.39, 0.29) is 17.1 Å². The number of hydrogen-bond acceptors (Lipinski definition) is 3. The van der Waals surface area contributed by atoms with Gasteiger partial charge < -0.3 is 14.9 Å². The molecule has 0 aliphatic heterocycles. The summed E-state index contributed by atoms with van der Waals surface area (Å²) in [6, 6.07) is 0. The fourth-order valence-electron chi connectivity index (χ4n) is 7.54. The van der Waals surface area contributed by atoms with Crippen LogP contribution in [0.5, 0.6) is 0 Å². The van der Waals surface area contributed by atoms with Crippen LogP contribution in [0.15, 0.2) is 0 Å². The number of hydrogen-bond donors (Lipinski definition) is 2. The summed E-state index contributed by atoms with van der Waals surface area (Å²) in [4.78, 5) is 0. The summed E-state index contributed by atoms with van der Waals surface area (Å²) in [6.45, 7) is 4.21. The molecule has 0 heterocycles. The van der Waals surface area contributed by atoms with Crippen LogP contribution in [0.1, 0.15) is 58.8 Å². The van der Waals surface area contributed by atoms with Crippen molar-refractivity contribution < 1.29 is 14.9 Å². The van der Waals surface area contributed by atoms with E-state index in [1.165, 1.54) is 0 Å². The highest BCUT2D eigenvalue weighted by Crippen LogP contribution is 2.73. The topological polar surface area (TPSA) is 49.7 Å². The van der Waals surface area contributed by atoms with Crippen molar-refractivity contribution >= 4 is 0 Å². The molecule has 7 aliphatic carbocycles. The predicted molar refractivity (Wildman–Crippen MR) is 82.9 cm³/mol. The van der Waals surface area contributed by atoms with Gasteiger partial charge in [-0.3, -0.25) is 0 Å². The van der Waals surface area contributed by atoms with Gasteiger partial charge in [0.15, 0.2) is 6.29 Å². The highest BCUT2D eigenvalue weighted by Gasteiger charge is 2.70. The second kappa shape index (κ2) is 4.29. The van der Waals surface area contributed by atoms with Gasteiger partial charge in [0.2, 0.25) is 0 Å². The van der Waals surface area contributed by atoms with Crippen LogP contribution in [0.4, 0.5) is 0 Å². The van der Waals surface area contributed by atoms with Crippen molar-refractivity contribution in [2.45, 2.75) is 76.3 Å². The molecule has 0 spiro atoms. The Kier molecular flexibility index (Phi) is 2.77. The maximum atomic E-state index is 10.8. The van der Waals surface area contributed by atoms with E-state index in [4.69, 9.17) is 4.74 Å². The third-order valence-corrected chi connectivity index (χ3v) is 8.47. The van der Waals surface area contributed by atoms with E-state index in [9.17, 15) is 10.2 Å². The second-order valence-electron chi connectivity index (χ2n) is 9.51. The van der Waals surface area contributed by atoms with Crippen LogP contribution in [-0.2, 0) is 4.74 Å². The van der Waals surface area contributed by atoms with Crippen molar-refractivity contribution in [2.24, 2.45) is 41.4 Å². The SMILES string of the molecule is CCC(C)[C@H](O)OC12CC3C4CC5(O)CC3C(C1)C(C5)C4C2. The van der Waals surface area contributed by atoms with E-state index >= 15 is 0 Å². The summed E-state index contributed by atoms with van der Waals surface area (Å²) < 4.78 is 6.35. The van der Waals surface area contributed by atoms with E-state index in [1.807, 2.05) is 0 Å². The zero-order valence-electron chi connectivity index (χ0n) is 13.9. The van der Waals surface area contributed by atoms with E-state index in [0.717, 1.165) is 80.5 Å². The average molecular weight is 306 g/mol. The zero-order chi connectivity index (χ0) is 15.3. The van der Waals surface area contributed by atoms with Gasteiger partial charge in [-0.2, -0.15) is 0 Å². The first kappa shape index (κ1) is 14.2. The molecule has 0 radical (unpaired) electrons. The molecule has 22 heavy (non-hydrogen) atoms. The molecule has 1 unspecified atom stereocenters. The van der Waals surface area contributed by atoms with Crippen molar-refractivity contribution in [3.05, 3.63) is 0 Å². The molecule has 0 amide bonds. The Morgan fingerprint density at radius 3 is 1.73 bits per heavy atom. The first-order valence-electron chi connectivity index (χ1n) is 9.52. The molecule has 7 saturated carbocycles. The summed E-state index contributed by atoms with van der Waals surface area (Å²) in [5.41, 5.74) is -0.364. The molecule has 124 valence electrons. The minimum absolute atomic E-state index is 0.0425. The van der Waals surface area contributed by atoms with Gasteiger partial charge in [-0.05, 0) is 80.5 Å². The fourth-order valence-corrected chi connectivity index (χ4v) is 7.54. The minimum Gasteiger partial charge on any atom is -0.390 e. The molecule has 2 atom stereocenters. The molecular weight excluding hydrogens is 276 g/mol. The Morgan fingerprint density at radius 2 is 1.32 bits per heavy atom. The van der Waals surface area contributed by atoms with Crippen molar-refractivity contribution in [3.63, 3.8) is 0 Å². The van der Waals surface area contributed by atoms with Gasteiger partial charge in [0, 0.05) is 5.92 Å². The van der Waals surface area contributed by atoms with Crippen molar-refractivity contribution in [3.8, 4) is 0 Å². The molecule has 8 bridgehead atoms. The van der Waals surface area contributed by atoms with Crippen LogP contribution in [0, 0.1) is 41.4 Å². The van der Waals surface area contributed by atoms with Gasteiger partial charge in [0.05, 0.1) is 11.2 Å². The highest BCUT2D eigenvalue weighted by atomic mass is 16.6. The fraction of sp³-hybridized carbons (Fsp3) is 1.00. The largest absolute Gasteiger partial charge is 0.390 e. The van der Waals surface area contributed by atoms with Crippen LogP contribution in [0.25, 0.3) is 0 Å². The molecular formula is C19H30O3. The normalized spacial score (nSPS) is 60.0. The molecule has 0 aromatic carbocycles. The first-order chi connectivity index (χ1) is 10.4. The molecule has 2 N–H and O–H groups in total. The number of ether oxygens (including phenoxy) is 1. The number of aliphatic hydroxyl groups is 2. The molecule has 0 aromatic heterocycles. The molecule has 0 aromatic rings. The van der Waals surface area contributed by atoms with Crippen LogP contribution in [0.2, 0.25) is 0 Å². The monoisotopic (exact) mass is 306 g/mol. The second-order valence-corrected chi connectivity index (χ2v) is 9.51. The Bertz CT molecular complexity index is 424. The quantitative estimate of drug-likeness (QED) is 0.785. The van der Waals surface area contributed by atoms with Gasteiger partial charge in [-0.15, -0.1) is 0 Å². The Hall–Kier alpha value is -0.120. The maximum Gasteiger partial charge on any atom is 0.157 e. The lowest BCUT2D eigenvalue weighted by Gasteiger charge is -2.73. The lowest BCUT2D eigenvalue weighted by atomic mass is 9.34. The number of rotatable bonds is 4. The highest BCUT2D eigenvalue weighted by molar-refractivity contribution is 5.20. The van der Waals surface area contributed by atoms with Crippen molar-refractivity contribution in [2.75, 3.05) is 0 Å². The summed E-state index contributed by atoms with van der Waals surface area (Å²) >= 11 is 0. The number of aliphatic hydroxyl groups excluding tert-OH is 1. The minimum atomic E-state index is -0.598. The molecule has 3 nitrogen and oxygen atoms in total. The van der Waals surface area contributed by atoms with Crippen LogP contribution >= 0.6 is 0 Å². The van der Waals surface area contributed by atoms with Crippen LogP contribution in [0.3, 0.4) is 0 Å². The molecule has 0 saturated heterocycles. The maximum absolute atomic E-state index is 10.8. The van der Waals surface area contributed by atoms with Gasteiger partial charge in [-0.25, -0.2) is 0 Å². The standard InChI is InChI=1S/C19H30O3/c1-3-10(2)17(20)22-19-7-14-11-4-18(21)5-12(14)16(9-19)13(6-18)15(11)8-19/h10-17,20-21H,3-9H2,1-2H3/t10?,11?,12?,13?,14?,15?,16?,17-,18?,19?/m1/s1.